The molecule has 0 atom stereocenters. The Bertz CT molecular complexity index is 562. The van der Waals surface area contributed by atoms with Crippen molar-refractivity contribution < 1.29 is 27.8 Å². The van der Waals surface area contributed by atoms with Crippen molar-refractivity contribution >= 4 is 16.0 Å². The number of carbonyl (C=O) groups is 1. The van der Waals surface area contributed by atoms with Gasteiger partial charge in [0.05, 0.1) is 24.1 Å². The molecule has 0 saturated carbocycles. The summed E-state index contributed by atoms with van der Waals surface area (Å²) in [7, 11) is -3.54. The molecule has 1 saturated heterocycles. The van der Waals surface area contributed by atoms with Crippen LogP contribution in [0.4, 0.5) is 0 Å². The van der Waals surface area contributed by atoms with Gasteiger partial charge >= 0.3 is 0 Å². The molecule has 1 aliphatic rings. The summed E-state index contributed by atoms with van der Waals surface area (Å²) in [4.78, 5) is 10.4. The maximum absolute atomic E-state index is 12.3. The molecule has 0 radical (unpaired) electrons. The molecule has 2 rings (SSSR count). The van der Waals surface area contributed by atoms with Gasteiger partial charge < -0.3 is 19.4 Å². The van der Waals surface area contributed by atoms with Gasteiger partial charge in [0.1, 0.15) is 12.4 Å². The molecule has 0 unspecified atom stereocenters. The average Bonchev–Trinajstić information content (AvgIpc) is 2.46. The van der Waals surface area contributed by atoms with Crippen molar-refractivity contribution in [1.82, 2.24) is 4.31 Å². The van der Waals surface area contributed by atoms with E-state index < -0.39 is 22.6 Å². The summed E-state index contributed by atoms with van der Waals surface area (Å²) in [5.74, 6) is -1.06. The molecule has 1 aromatic carbocycles. The number of nitrogens with zero attached hydrogens (tertiary/aromatic N) is 1. The van der Waals surface area contributed by atoms with Crippen molar-refractivity contribution in [3.8, 4) is 5.75 Å². The Morgan fingerprint density at radius 1 is 1.25 bits per heavy atom. The molecule has 0 amide bonds. The number of sulfonamides is 1. The summed E-state index contributed by atoms with van der Waals surface area (Å²) >= 11 is 0. The molecule has 0 N–H and O–H groups in total. The first-order chi connectivity index (χ1) is 9.50. The first-order valence-electron chi connectivity index (χ1n) is 6.01. The highest BCUT2D eigenvalue weighted by atomic mass is 32.2. The van der Waals surface area contributed by atoms with E-state index in [1.807, 2.05) is 0 Å². The SMILES string of the molecule is O=C([O-])COc1ccc(S(=O)(=O)N2CCOCC2)cc1. The predicted molar refractivity (Wildman–Crippen MR) is 66.5 cm³/mol. The molecule has 0 aliphatic carbocycles. The van der Waals surface area contributed by atoms with Crippen LogP contribution in [-0.2, 0) is 19.6 Å². The Balaban J connectivity index is 2.10. The van der Waals surface area contributed by atoms with Crippen LogP contribution >= 0.6 is 0 Å². The summed E-state index contributed by atoms with van der Waals surface area (Å²) in [6.07, 6.45) is 0. The van der Waals surface area contributed by atoms with Crippen LogP contribution in [0, 0.1) is 0 Å². The Labute approximate surface area is 116 Å². The van der Waals surface area contributed by atoms with Gasteiger partial charge in [-0.25, -0.2) is 8.42 Å². The number of benzene rings is 1. The van der Waals surface area contributed by atoms with E-state index in [2.05, 4.69) is 0 Å². The highest BCUT2D eigenvalue weighted by molar-refractivity contribution is 7.89. The zero-order chi connectivity index (χ0) is 14.6. The van der Waals surface area contributed by atoms with E-state index in [0.29, 0.717) is 26.3 Å². The molecule has 110 valence electrons. The van der Waals surface area contributed by atoms with Crippen LogP contribution < -0.4 is 9.84 Å². The second-order valence-corrected chi connectivity index (χ2v) is 6.09. The fourth-order valence-electron chi connectivity index (χ4n) is 1.79. The number of hydrogen-bond donors (Lipinski definition) is 0. The molecule has 20 heavy (non-hydrogen) atoms. The van der Waals surface area contributed by atoms with Gasteiger partial charge in [0, 0.05) is 13.1 Å². The summed E-state index contributed by atoms with van der Waals surface area (Å²) in [6.45, 7) is 0.837. The number of ether oxygens (including phenoxy) is 2. The van der Waals surface area contributed by atoms with Gasteiger partial charge in [-0.15, -0.1) is 0 Å². The number of rotatable bonds is 5. The summed E-state index contributed by atoms with van der Waals surface area (Å²) in [5.41, 5.74) is 0. The van der Waals surface area contributed by atoms with Crippen molar-refractivity contribution in [3.63, 3.8) is 0 Å². The second-order valence-electron chi connectivity index (χ2n) is 4.15. The number of hydrogen-bond acceptors (Lipinski definition) is 6. The quantitative estimate of drug-likeness (QED) is 0.680. The normalized spacial score (nSPS) is 16.8. The fraction of sp³-hybridized carbons (Fsp3) is 0.417. The standard InChI is InChI=1S/C12H15NO6S/c14-12(15)9-19-10-1-3-11(4-2-10)20(16,17)13-5-7-18-8-6-13/h1-4H,5-9H2,(H,14,15)/p-1. The third-order valence-electron chi connectivity index (χ3n) is 2.79. The average molecular weight is 300 g/mol. The minimum Gasteiger partial charge on any atom is -0.546 e. The minimum absolute atomic E-state index is 0.139. The van der Waals surface area contributed by atoms with Gasteiger partial charge in [-0.2, -0.15) is 4.31 Å². The van der Waals surface area contributed by atoms with Crippen LogP contribution in [0.2, 0.25) is 0 Å². The highest BCUT2D eigenvalue weighted by Gasteiger charge is 2.26. The molecule has 1 heterocycles. The van der Waals surface area contributed by atoms with E-state index in [1.54, 1.807) is 0 Å². The maximum Gasteiger partial charge on any atom is 0.243 e. The third-order valence-corrected chi connectivity index (χ3v) is 4.70. The monoisotopic (exact) mass is 300 g/mol. The van der Waals surface area contributed by atoms with Gasteiger partial charge in [0.15, 0.2) is 0 Å². The van der Waals surface area contributed by atoms with Crippen LogP contribution in [-0.4, -0.2) is 51.6 Å². The van der Waals surface area contributed by atoms with E-state index in [-0.39, 0.29) is 10.6 Å². The number of aliphatic carboxylic acids is 1. The summed E-state index contributed by atoms with van der Waals surface area (Å²) in [6, 6.07) is 5.59. The van der Waals surface area contributed by atoms with E-state index in [9.17, 15) is 18.3 Å². The Morgan fingerprint density at radius 2 is 1.85 bits per heavy atom. The summed E-state index contributed by atoms with van der Waals surface area (Å²) in [5, 5.41) is 10.3. The van der Waals surface area contributed by atoms with Gasteiger partial charge in [-0.1, -0.05) is 0 Å². The topological polar surface area (TPSA) is 96.0 Å². The van der Waals surface area contributed by atoms with Crippen LogP contribution in [0.25, 0.3) is 0 Å². The van der Waals surface area contributed by atoms with Gasteiger partial charge in [0.2, 0.25) is 10.0 Å². The number of carbonyl (C=O) groups excluding carboxylic acids is 1. The van der Waals surface area contributed by atoms with Gasteiger partial charge in [-0.3, -0.25) is 0 Å². The van der Waals surface area contributed by atoms with Crippen molar-refractivity contribution in [2.45, 2.75) is 4.90 Å². The molecule has 0 spiro atoms. The summed E-state index contributed by atoms with van der Waals surface area (Å²) < 4.78 is 35.9. The molecule has 1 aliphatic heterocycles. The van der Waals surface area contributed by atoms with Crippen LogP contribution in [0.1, 0.15) is 0 Å². The largest absolute Gasteiger partial charge is 0.546 e. The number of morpholine rings is 1. The van der Waals surface area contributed by atoms with Gasteiger partial charge in [-0.05, 0) is 24.3 Å². The Morgan fingerprint density at radius 3 is 2.40 bits per heavy atom. The molecule has 0 aromatic heterocycles. The lowest BCUT2D eigenvalue weighted by Gasteiger charge is -2.26. The molecule has 0 bridgehead atoms. The van der Waals surface area contributed by atoms with E-state index in [4.69, 9.17) is 9.47 Å². The Hall–Kier alpha value is -1.64. The fourth-order valence-corrected chi connectivity index (χ4v) is 3.19. The lowest BCUT2D eigenvalue weighted by molar-refractivity contribution is -0.307. The van der Waals surface area contributed by atoms with E-state index in [0.717, 1.165) is 0 Å². The Kier molecular flexibility index (Phi) is 4.58. The minimum atomic E-state index is -3.54. The highest BCUT2D eigenvalue weighted by Crippen LogP contribution is 2.20. The lowest BCUT2D eigenvalue weighted by Crippen LogP contribution is -2.40. The molecular weight excluding hydrogens is 286 g/mol. The predicted octanol–water partition coefficient (Wildman–Crippen LogP) is -1.16. The number of carboxylic acid groups (broad SMARTS) is 1. The zero-order valence-corrected chi connectivity index (χ0v) is 11.5. The second kappa shape index (κ2) is 6.21. The van der Waals surface area contributed by atoms with E-state index >= 15 is 0 Å². The van der Waals surface area contributed by atoms with Crippen molar-refractivity contribution in [3.05, 3.63) is 24.3 Å². The molecule has 8 heteroatoms. The first kappa shape index (κ1) is 14.8. The van der Waals surface area contributed by atoms with Crippen molar-refractivity contribution in [1.29, 1.82) is 0 Å². The molecule has 1 aromatic rings. The molecular formula is C12H14NO6S-. The maximum atomic E-state index is 12.3. The zero-order valence-electron chi connectivity index (χ0n) is 10.6. The first-order valence-corrected chi connectivity index (χ1v) is 7.45. The van der Waals surface area contributed by atoms with E-state index in [1.165, 1.54) is 28.6 Å². The third kappa shape index (κ3) is 3.47. The van der Waals surface area contributed by atoms with Gasteiger partial charge in [0.25, 0.3) is 0 Å². The molecule has 1 fully saturated rings. The van der Waals surface area contributed by atoms with Crippen molar-refractivity contribution in [2.75, 3.05) is 32.9 Å². The van der Waals surface area contributed by atoms with Crippen LogP contribution in [0.3, 0.4) is 0 Å². The molecule has 7 nitrogen and oxygen atoms in total. The van der Waals surface area contributed by atoms with Crippen LogP contribution in [0.5, 0.6) is 5.75 Å². The van der Waals surface area contributed by atoms with Crippen LogP contribution in [0.15, 0.2) is 29.2 Å². The smallest absolute Gasteiger partial charge is 0.243 e. The van der Waals surface area contributed by atoms with Crippen molar-refractivity contribution in [2.24, 2.45) is 0 Å². The number of carboxylic acids is 1. The lowest BCUT2D eigenvalue weighted by atomic mass is 10.3.